The maximum atomic E-state index is 12.7. The Morgan fingerprint density at radius 3 is 2.44 bits per heavy atom. The van der Waals surface area contributed by atoms with Crippen LogP contribution in [0.15, 0.2) is 42.5 Å². The summed E-state index contributed by atoms with van der Waals surface area (Å²) in [7, 11) is -3.19. The molecule has 0 heterocycles. The van der Waals surface area contributed by atoms with Crippen LogP contribution in [0, 0.1) is 0 Å². The smallest absolute Gasteiger partial charge is 0.255 e. The molecular weight excluding hydrogens is 405 g/mol. The highest BCUT2D eigenvalue weighted by Gasteiger charge is 2.27. The SMILES string of the molecule is O=C(Nc1cccc(CS(=O)(=O)C2CCCCC2)c1)c1ccc(Cl)c(Cl)c1. The summed E-state index contributed by atoms with van der Waals surface area (Å²) < 4.78 is 25.3. The highest BCUT2D eigenvalue weighted by molar-refractivity contribution is 7.91. The summed E-state index contributed by atoms with van der Waals surface area (Å²) in [5.74, 6) is -0.338. The van der Waals surface area contributed by atoms with Crippen LogP contribution in [0.5, 0.6) is 0 Å². The normalized spacial score (nSPS) is 15.5. The zero-order chi connectivity index (χ0) is 19.4. The lowest BCUT2D eigenvalue weighted by Crippen LogP contribution is -2.25. The van der Waals surface area contributed by atoms with Crippen LogP contribution in [0.2, 0.25) is 10.0 Å². The van der Waals surface area contributed by atoms with Gasteiger partial charge in [0.25, 0.3) is 5.91 Å². The van der Waals surface area contributed by atoms with E-state index in [1.807, 2.05) is 0 Å². The molecule has 7 heteroatoms. The first-order chi connectivity index (χ1) is 12.8. The fourth-order valence-corrected chi connectivity index (χ4v) is 5.58. The number of nitrogens with one attached hydrogen (secondary N) is 1. The molecule has 1 N–H and O–H groups in total. The predicted molar refractivity (Wildman–Crippen MR) is 110 cm³/mol. The topological polar surface area (TPSA) is 63.2 Å². The molecule has 1 saturated carbocycles. The van der Waals surface area contributed by atoms with Crippen LogP contribution in [-0.2, 0) is 15.6 Å². The standard InChI is InChI=1S/C20H21Cl2NO3S/c21-18-10-9-15(12-19(18)22)20(24)23-16-6-4-5-14(11-16)13-27(25,26)17-7-2-1-3-8-17/h4-6,9-12,17H,1-3,7-8,13H2,(H,23,24). The number of hydrogen-bond donors (Lipinski definition) is 1. The van der Waals surface area contributed by atoms with Gasteiger partial charge >= 0.3 is 0 Å². The number of anilines is 1. The van der Waals surface area contributed by atoms with Gasteiger partial charge < -0.3 is 5.32 Å². The van der Waals surface area contributed by atoms with Crippen molar-refractivity contribution >= 4 is 44.6 Å². The Morgan fingerprint density at radius 1 is 1.00 bits per heavy atom. The van der Waals surface area contributed by atoms with Crippen LogP contribution in [0.25, 0.3) is 0 Å². The molecule has 1 aliphatic rings. The van der Waals surface area contributed by atoms with Gasteiger partial charge in [-0.1, -0.05) is 54.6 Å². The summed E-state index contributed by atoms with van der Waals surface area (Å²) in [6, 6.07) is 11.6. The molecule has 144 valence electrons. The van der Waals surface area contributed by atoms with Gasteiger partial charge in [-0.15, -0.1) is 0 Å². The highest BCUT2D eigenvalue weighted by Crippen LogP contribution is 2.27. The Hall–Kier alpha value is -1.56. The first-order valence-electron chi connectivity index (χ1n) is 8.92. The molecule has 0 atom stereocenters. The first kappa shape index (κ1) is 20.2. The zero-order valence-corrected chi connectivity index (χ0v) is 17.1. The van der Waals surface area contributed by atoms with Gasteiger partial charge in [0.2, 0.25) is 0 Å². The third kappa shape index (κ3) is 5.24. The van der Waals surface area contributed by atoms with E-state index < -0.39 is 9.84 Å². The molecule has 2 aromatic carbocycles. The minimum Gasteiger partial charge on any atom is -0.322 e. The van der Waals surface area contributed by atoms with E-state index in [2.05, 4.69) is 5.32 Å². The van der Waals surface area contributed by atoms with E-state index in [-0.39, 0.29) is 16.9 Å². The maximum absolute atomic E-state index is 12.7. The third-order valence-corrected chi connectivity index (χ3v) is 7.76. The zero-order valence-electron chi connectivity index (χ0n) is 14.8. The molecule has 4 nitrogen and oxygen atoms in total. The van der Waals surface area contributed by atoms with Crippen LogP contribution in [-0.4, -0.2) is 19.6 Å². The average Bonchev–Trinajstić information content (AvgIpc) is 2.64. The molecule has 1 aliphatic carbocycles. The molecule has 0 aromatic heterocycles. The summed E-state index contributed by atoms with van der Waals surface area (Å²) in [5.41, 5.74) is 1.60. The van der Waals surface area contributed by atoms with Gasteiger partial charge in [-0.05, 0) is 48.7 Å². The van der Waals surface area contributed by atoms with Gasteiger partial charge in [0, 0.05) is 11.3 Å². The van der Waals surface area contributed by atoms with Crippen molar-refractivity contribution < 1.29 is 13.2 Å². The van der Waals surface area contributed by atoms with Gasteiger partial charge in [-0.25, -0.2) is 8.42 Å². The van der Waals surface area contributed by atoms with Crippen molar-refractivity contribution in [1.82, 2.24) is 0 Å². The van der Waals surface area contributed by atoms with Crippen molar-refractivity contribution in [3.05, 3.63) is 63.6 Å². The van der Waals surface area contributed by atoms with E-state index in [9.17, 15) is 13.2 Å². The summed E-state index contributed by atoms with van der Waals surface area (Å²) >= 11 is 11.8. The minimum atomic E-state index is -3.19. The lowest BCUT2D eigenvalue weighted by Gasteiger charge is -2.21. The number of benzene rings is 2. The van der Waals surface area contributed by atoms with Crippen LogP contribution in [0.4, 0.5) is 5.69 Å². The molecule has 0 aliphatic heterocycles. The van der Waals surface area contributed by atoms with E-state index >= 15 is 0 Å². The Kier molecular flexibility index (Phi) is 6.45. The average molecular weight is 426 g/mol. The largest absolute Gasteiger partial charge is 0.322 e. The van der Waals surface area contributed by atoms with E-state index in [0.717, 1.165) is 32.1 Å². The first-order valence-corrected chi connectivity index (χ1v) is 11.4. The summed E-state index contributed by atoms with van der Waals surface area (Å²) in [5, 5.41) is 3.21. The van der Waals surface area contributed by atoms with Gasteiger partial charge in [-0.3, -0.25) is 4.79 Å². The molecule has 0 radical (unpaired) electrons. The fraction of sp³-hybridized carbons (Fsp3) is 0.350. The summed E-state index contributed by atoms with van der Waals surface area (Å²) in [6.07, 6.45) is 4.56. The van der Waals surface area contributed by atoms with E-state index in [0.29, 0.717) is 26.9 Å². The molecule has 0 saturated heterocycles. The molecule has 0 spiro atoms. The van der Waals surface area contributed by atoms with Crippen LogP contribution < -0.4 is 5.32 Å². The molecule has 0 unspecified atom stereocenters. The number of rotatable bonds is 5. The number of carbonyl (C=O) groups excluding carboxylic acids is 1. The Morgan fingerprint density at radius 2 is 1.74 bits per heavy atom. The van der Waals surface area contributed by atoms with Crippen molar-refractivity contribution in [3.8, 4) is 0 Å². The Labute approximate surface area is 169 Å². The van der Waals surface area contributed by atoms with Crippen LogP contribution >= 0.6 is 23.2 Å². The number of hydrogen-bond acceptors (Lipinski definition) is 3. The Balaban J connectivity index is 1.71. The number of sulfone groups is 1. The van der Waals surface area contributed by atoms with Gasteiger partial charge in [0.05, 0.1) is 21.0 Å². The van der Waals surface area contributed by atoms with E-state index in [4.69, 9.17) is 23.2 Å². The quantitative estimate of drug-likeness (QED) is 0.687. The molecule has 27 heavy (non-hydrogen) atoms. The van der Waals surface area contributed by atoms with Crippen LogP contribution in [0.3, 0.4) is 0 Å². The van der Waals surface area contributed by atoms with Crippen molar-refractivity contribution in [2.45, 2.75) is 43.1 Å². The van der Waals surface area contributed by atoms with Gasteiger partial charge in [0.15, 0.2) is 9.84 Å². The molecule has 3 rings (SSSR count). The lowest BCUT2D eigenvalue weighted by atomic mass is 10.0. The third-order valence-electron chi connectivity index (χ3n) is 4.79. The number of halogens is 2. The summed E-state index contributed by atoms with van der Waals surface area (Å²) in [6.45, 7) is 0. The number of amides is 1. The fourth-order valence-electron chi connectivity index (χ4n) is 3.35. The second-order valence-electron chi connectivity index (χ2n) is 6.85. The van der Waals surface area contributed by atoms with Crippen LogP contribution in [0.1, 0.15) is 48.0 Å². The van der Waals surface area contributed by atoms with Crippen molar-refractivity contribution in [2.75, 3.05) is 5.32 Å². The maximum Gasteiger partial charge on any atom is 0.255 e. The van der Waals surface area contributed by atoms with Gasteiger partial charge in [-0.2, -0.15) is 0 Å². The lowest BCUT2D eigenvalue weighted by molar-refractivity contribution is 0.102. The van der Waals surface area contributed by atoms with Crippen molar-refractivity contribution in [2.24, 2.45) is 0 Å². The van der Waals surface area contributed by atoms with Gasteiger partial charge in [0.1, 0.15) is 0 Å². The van der Waals surface area contributed by atoms with E-state index in [1.54, 1.807) is 36.4 Å². The molecule has 2 aromatic rings. The molecule has 1 fully saturated rings. The Bertz CT molecular complexity index is 938. The van der Waals surface area contributed by atoms with Crippen molar-refractivity contribution in [3.63, 3.8) is 0 Å². The molecule has 0 bridgehead atoms. The predicted octanol–water partition coefficient (Wildman–Crippen LogP) is 5.49. The monoisotopic (exact) mass is 425 g/mol. The molecular formula is C20H21Cl2NO3S. The second-order valence-corrected chi connectivity index (χ2v) is 9.95. The number of carbonyl (C=O) groups is 1. The molecule has 1 amide bonds. The second kappa shape index (κ2) is 8.63. The highest BCUT2D eigenvalue weighted by atomic mass is 35.5. The van der Waals surface area contributed by atoms with E-state index in [1.165, 1.54) is 6.07 Å². The minimum absolute atomic E-state index is 0.00580. The summed E-state index contributed by atoms with van der Waals surface area (Å²) in [4.78, 5) is 12.4. The van der Waals surface area contributed by atoms with Crippen molar-refractivity contribution in [1.29, 1.82) is 0 Å².